The van der Waals surface area contributed by atoms with Crippen LogP contribution in [0.4, 0.5) is 0 Å². The molecule has 0 aromatic rings. The lowest BCUT2D eigenvalue weighted by Crippen LogP contribution is -2.48. The summed E-state index contributed by atoms with van der Waals surface area (Å²) in [6.45, 7) is 8.55. The van der Waals surface area contributed by atoms with E-state index in [0.717, 1.165) is 13.1 Å². The summed E-state index contributed by atoms with van der Waals surface area (Å²) >= 11 is 0. The zero-order valence-corrected chi connectivity index (χ0v) is 10.9. The highest BCUT2D eigenvalue weighted by atomic mass is 15.0. The van der Waals surface area contributed by atoms with E-state index in [1.165, 1.54) is 44.9 Å². The van der Waals surface area contributed by atoms with E-state index in [9.17, 15) is 0 Å². The molecule has 0 aromatic heterocycles. The van der Waals surface area contributed by atoms with Gasteiger partial charge in [0.05, 0.1) is 0 Å². The van der Waals surface area contributed by atoms with Gasteiger partial charge in [-0.3, -0.25) is 0 Å². The van der Waals surface area contributed by atoms with Crippen LogP contribution < -0.4 is 11.1 Å². The normalized spacial score (nSPS) is 15.2. The largest absolute Gasteiger partial charge is 0.329 e. The molecule has 3 N–H and O–H groups in total. The van der Waals surface area contributed by atoms with E-state index < -0.39 is 0 Å². The zero-order chi connectivity index (χ0) is 11.6. The molecule has 0 rings (SSSR count). The lowest BCUT2D eigenvalue weighted by molar-refractivity contribution is 0.327. The molecule has 0 amide bonds. The Hall–Kier alpha value is -0.0800. The van der Waals surface area contributed by atoms with E-state index in [-0.39, 0.29) is 5.54 Å². The predicted molar refractivity (Wildman–Crippen MR) is 69.1 cm³/mol. The van der Waals surface area contributed by atoms with Crippen LogP contribution in [0.2, 0.25) is 0 Å². The maximum Gasteiger partial charge on any atom is 0.0275 e. The number of rotatable bonds is 10. The van der Waals surface area contributed by atoms with Crippen LogP contribution in [-0.2, 0) is 0 Å². The molecule has 0 bridgehead atoms. The number of nitrogens with two attached hydrogens (primary N) is 1. The highest BCUT2D eigenvalue weighted by Gasteiger charge is 2.19. The van der Waals surface area contributed by atoms with Crippen LogP contribution in [0.5, 0.6) is 0 Å². The van der Waals surface area contributed by atoms with Gasteiger partial charge in [0.25, 0.3) is 0 Å². The van der Waals surface area contributed by atoms with Crippen molar-refractivity contribution in [2.45, 2.75) is 71.3 Å². The molecule has 0 aliphatic carbocycles. The summed E-state index contributed by atoms with van der Waals surface area (Å²) in [5.41, 5.74) is 6.00. The average molecular weight is 214 g/mol. The van der Waals surface area contributed by atoms with E-state index in [2.05, 4.69) is 26.1 Å². The number of nitrogens with one attached hydrogen (secondary N) is 1. The second kappa shape index (κ2) is 9.17. The summed E-state index contributed by atoms with van der Waals surface area (Å²) in [6, 6.07) is 0. The highest BCUT2D eigenvalue weighted by Crippen LogP contribution is 2.14. The molecule has 15 heavy (non-hydrogen) atoms. The van der Waals surface area contributed by atoms with Crippen molar-refractivity contribution in [3.63, 3.8) is 0 Å². The molecular formula is C13H30N2. The Kier molecular flexibility index (Phi) is 9.12. The van der Waals surface area contributed by atoms with Gasteiger partial charge < -0.3 is 11.1 Å². The second-order valence-electron chi connectivity index (χ2n) is 4.86. The van der Waals surface area contributed by atoms with Crippen molar-refractivity contribution >= 4 is 0 Å². The van der Waals surface area contributed by atoms with Gasteiger partial charge in [-0.05, 0) is 26.3 Å². The van der Waals surface area contributed by atoms with E-state index in [1.54, 1.807) is 0 Å². The molecule has 0 spiro atoms. The van der Waals surface area contributed by atoms with E-state index in [4.69, 9.17) is 5.73 Å². The fourth-order valence-corrected chi connectivity index (χ4v) is 1.81. The van der Waals surface area contributed by atoms with Crippen molar-refractivity contribution in [3.8, 4) is 0 Å². The summed E-state index contributed by atoms with van der Waals surface area (Å²) in [6.07, 6.45) is 9.15. The minimum atomic E-state index is 0.169. The summed E-state index contributed by atoms with van der Waals surface area (Å²) in [5.74, 6) is 0. The molecule has 92 valence electrons. The van der Waals surface area contributed by atoms with Gasteiger partial charge in [-0.25, -0.2) is 0 Å². The monoisotopic (exact) mass is 214 g/mol. The molecule has 0 aliphatic heterocycles. The van der Waals surface area contributed by atoms with Gasteiger partial charge in [0.1, 0.15) is 0 Å². The van der Waals surface area contributed by atoms with Gasteiger partial charge in [-0.2, -0.15) is 0 Å². The molecular weight excluding hydrogens is 184 g/mol. The summed E-state index contributed by atoms with van der Waals surface area (Å²) in [4.78, 5) is 0. The number of hydrogen-bond acceptors (Lipinski definition) is 2. The van der Waals surface area contributed by atoms with Crippen LogP contribution in [0.3, 0.4) is 0 Å². The summed E-state index contributed by atoms with van der Waals surface area (Å²) < 4.78 is 0. The molecule has 0 aromatic carbocycles. The van der Waals surface area contributed by atoms with Gasteiger partial charge in [0.2, 0.25) is 0 Å². The van der Waals surface area contributed by atoms with Crippen LogP contribution in [0.15, 0.2) is 0 Å². The van der Waals surface area contributed by atoms with Gasteiger partial charge in [0.15, 0.2) is 0 Å². The molecule has 0 radical (unpaired) electrons. The standard InChI is InChI=1S/C13H30N2/c1-4-6-7-8-9-10-13(3,12-14)15-11-5-2/h15H,4-12,14H2,1-3H3. The van der Waals surface area contributed by atoms with Crippen LogP contribution in [0, 0.1) is 0 Å². The van der Waals surface area contributed by atoms with Gasteiger partial charge in [-0.15, -0.1) is 0 Å². The Morgan fingerprint density at radius 3 is 2.20 bits per heavy atom. The third-order valence-electron chi connectivity index (χ3n) is 3.08. The van der Waals surface area contributed by atoms with Crippen molar-refractivity contribution in [3.05, 3.63) is 0 Å². The molecule has 2 heteroatoms. The first-order valence-corrected chi connectivity index (χ1v) is 6.63. The Labute approximate surface area is 96.0 Å². The van der Waals surface area contributed by atoms with Crippen LogP contribution in [-0.4, -0.2) is 18.6 Å². The van der Waals surface area contributed by atoms with Crippen LogP contribution >= 0.6 is 0 Å². The Morgan fingerprint density at radius 2 is 1.67 bits per heavy atom. The van der Waals surface area contributed by atoms with Crippen molar-refractivity contribution in [2.75, 3.05) is 13.1 Å². The maximum absolute atomic E-state index is 5.83. The fraction of sp³-hybridized carbons (Fsp3) is 1.00. The van der Waals surface area contributed by atoms with Crippen molar-refractivity contribution < 1.29 is 0 Å². The average Bonchev–Trinajstić information content (AvgIpc) is 2.26. The molecule has 2 nitrogen and oxygen atoms in total. The first-order chi connectivity index (χ1) is 7.18. The molecule has 0 saturated heterocycles. The quantitative estimate of drug-likeness (QED) is 0.549. The molecule has 0 heterocycles. The maximum atomic E-state index is 5.83. The highest BCUT2D eigenvalue weighted by molar-refractivity contribution is 4.83. The smallest absolute Gasteiger partial charge is 0.0275 e. The summed E-state index contributed by atoms with van der Waals surface area (Å²) in [5, 5.41) is 3.56. The van der Waals surface area contributed by atoms with Gasteiger partial charge in [0, 0.05) is 12.1 Å². The first-order valence-electron chi connectivity index (χ1n) is 6.63. The van der Waals surface area contributed by atoms with E-state index >= 15 is 0 Å². The third-order valence-corrected chi connectivity index (χ3v) is 3.08. The van der Waals surface area contributed by atoms with Gasteiger partial charge in [-0.1, -0.05) is 46.0 Å². The molecule has 0 fully saturated rings. The number of hydrogen-bond donors (Lipinski definition) is 2. The lowest BCUT2D eigenvalue weighted by atomic mass is 9.94. The molecule has 1 unspecified atom stereocenters. The topological polar surface area (TPSA) is 38.0 Å². The van der Waals surface area contributed by atoms with Crippen molar-refractivity contribution in [2.24, 2.45) is 5.73 Å². The predicted octanol–water partition coefficient (Wildman–Crippen LogP) is 3.06. The summed E-state index contributed by atoms with van der Waals surface area (Å²) in [7, 11) is 0. The van der Waals surface area contributed by atoms with Crippen LogP contribution in [0.1, 0.15) is 65.7 Å². The Bertz CT molecular complexity index is 136. The SMILES string of the molecule is CCCCCCCC(C)(CN)NCCC. The third kappa shape index (κ3) is 7.80. The molecule has 1 atom stereocenters. The Morgan fingerprint density at radius 1 is 1.00 bits per heavy atom. The number of unbranched alkanes of at least 4 members (excludes halogenated alkanes) is 4. The molecule has 0 aliphatic rings. The van der Waals surface area contributed by atoms with E-state index in [0.29, 0.717) is 0 Å². The molecule has 0 saturated carbocycles. The van der Waals surface area contributed by atoms with Gasteiger partial charge >= 0.3 is 0 Å². The first kappa shape index (κ1) is 14.9. The zero-order valence-electron chi connectivity index (χ0n) is 10.9. The Balaban J connectivity index is 3.58. The van der Waals surface area contributed by atoms with Crippen molar-refractivity contribution in [1.82, 2.24) is 5.32 Å². The fourth-order valence-electron chi connectivity index (χ4n) is 1.81. The lowest BCUT2D eigenvalue weighted by Gasteiger charge is -2.29. The second-order valence-corrected chi connectivity index (χ2v) is 4.86. The van der Waals surface area contributed by atoms with E-state index in [1.807, 2.05) is 0 Å². The minimum absolute atomic E-state index is 0.169. The van der Waals surface area contributed by atoms with Crippen LogP contribution in [0.25, 0.3) is 0 Å². The minimum Gasteiger partial charge on any atom is -0.329 e. The van der Waals surface area contributed by atoms with Crippen molar-refractivity contribution in [1.29, 1.82) is 0 Å².